The van der Waals surface area contributed by atoms with Crippen LogP contribution in [0.4, 0.5) is 0 Å². The van der Waals surface area contributed by atoms with Crippen LogP contribution < -0.4 is 5.32 Å². The SMILES string of the molecule is c1ccc2c(c1)CC(NCc1ccncn1)C2. The lowest BCUT2D eigenvalue weighted by Crippen LogP contribution is -2.29. The summed E-state index contributed by atoms with van der Waals surface area (Å²) >= 11 is 0. The highest BCUT2D eigenvalue weighted by molar-refractivity contribution is 5.33. The molecular formula is C14H15N3. The van der Waals surface area contributed by atoms with Gasteiger partial charge in [0.25, 0.3) is 0 Å². The highest BCUT2D eigenvalue weighted by Crippen LogP contribution is 2.21. The Bertz CT molecular complexity index is 471. The zero-order valence-corrected chi connectivity index (χ0v) is 9.63. The van der Waals surface area contributed by atoms with Crippen LogP contribution in [0.15, 0.2) is 42.9 Å². The van der Waals surface area contributed by atoms with E-state index in [0.717, 1.165) is 25.1 Å². The predicted octanol–water partition coefficient (Wildman–Crippen LogP) is 1.73. The Balaban J connectivity index is 1.59. The van der Waals surface area contributed by atoms with Crippen molar-refractivity contribution in [2.75, 3.05) is 0 Å². The highest BCUT2D eigenvalue weighted by Gasteiger charge is 2.19. The molecule has 1 N–H and O–H groups in total. The average Bonchev–Trinajstić information content (AvgIpc) is 2.80. The lowest BCUT2D eigenvalue weighted by Gasteiger charge is -2.10. The minimum Gasteiger partial charge on any atom is -0.308 e. The molecule has 3 heteroatoms. The molecule has 1 aliphatic carbocycles. The van der Waals surface area contributed by atoms with Crippen LogP contribution in [-0.2, 0) is 19.4 Å². The maximum absolute atomic E-state index is 4.22. The molecule has 0 saturated carbocycles. The van der Waals surface area contributed by atoms with Crippen LogP contribution in [-0.4, -0.2) is 16.0 Å². The molecule has 17 heavy (non-hydrogen) atoms. The quantitative estimate of drug-likeness (QED) is 0.864. The number of fused-ring (bicyclic) bond motifs is 1. The van der Waals surface area contributed by atoms with Crippen LogP contribution in [0.3, 0.4) is 0 Å². The molecule has 0 radical (unpaired) electrons. The Morgan fingerprint density at radius 3 is 2.53 bits per heavy atom. The van der Waals surface area contributed by atoms with Crippen LogP contribution >= 0.6 is 0 Å². The standard InChI is InChI=1S/C14H15N3/c1-2-4-12-8-14(7-11(12)3-1)16-9-13-5-6-15-10-17-13/h1-6,10,14,16H,7-9H2. The van der Waals surface area contributed by atoms with E-state index in [1.807, 2.05) is 6.07 Å². The summed E-state index contributed by atoms with van der Waals surface area (Å²) in [7, 11) is 0. The third kappa shape index (κ3) is 2.34. The minimum atomic E-state index is 0.544. The summed E-state index contributed by atoms with van der Waals surface area (Å²) in [5, 5.41) is 3.55. The molecule has 0 amide bonds. The molecule has 86 valence electrons. The van der Waals surface area contributed by atoms with Gasteiger partial charge in [-0.25, -0.2) is 9.97 Å². The first-order chi connectivity index (χ1) is 8.42. The predicted molar refractivity (Wildman–Crippen MR) is 66.5 cm³/mol. The zero-order valence-electron chi connectivity index (χ0n) is 9.63. The molecule has 0 unspecified atom stereocenters. The van der Waals surface area contributed by atoms with Crippen LogP contribution in [0.2, 0.25) is 0 Å². The van der Waals surface area contributed by atoms with E-state index < -0.39 is 0 Å². The number of hydrogen-bond donors (Lipinski definition) is 1. The van der Waals surface area contributed by atoms with Crippen LogP contribution in [0.5, 0.6) is 0 Å². The fourth-order valence-electron chi connectivity index (χ4n) is 2.37. The van der Waals surface area contributed by atoms with Crippen molar-refractivity contribution in [1.82, 2.24) is 15.3 Å². The molecule has 3 nitrogen and oxygen atoms in total. The first-order valence-corrected chi connectivity index (χ1v) is 5.97. The van der Waals surface area contributed by atoms with E-state index in [1.54, 1.807) is 12.5 Å². The second kappa shape index (κ2) is 4.63. The molecule has 0 aliphatic heterocycles. The number of rotatable bonds is 3. The first kappa shape index (κ1) is 10.4. The van der Waals surface area contributed by atoms with E-state index in [-0.39, 0.29) is 0 Å². The zero-order chi connectivity index (χ0) is 11.5. The van der Waals surface area contributed by atoms with Crippen molar-refractivity contribution in [3.63, 3.8) is 0 Å². The van der Waals surface area contributed by atoms with Crippen molar-refractivity contribution in [3.05, 3.63) is 59.7 Å². The molecule has 0 fully saturated rings. The molecule has 1 aliphatic rings. The molecule has 1 aromatic heterocycles. The van der Waals surface area contributed by atoms with E-state index in [9.17, 15) is 0 Å². The van der Waals surface area contributed by atoms with Crippen molar-refractivity contribution >= 4 is 0 Å². The Hall–Kier alpha value is -1.74. The van der Waals surface area contributed by atoms with Crippen LogP contribution in [0.25, 0.3) is 0 Å². The molecule has 0 saturated heterocycles. The van der Waals surface area contributed by atoms with Gasteiger partial charge in [-0.3, -0.25) is 0 Å². The van der Waals surface area contributed by atoms with Crippen LogP contribution in [0, 0.1) is 0 Å². The average molecular weight is 225 g/mol. The summed E-state index contributed by atoms with van der Waals surface area (Å²) < 4.78 is 0. The topological polar surface area (TPSA) is 37.8 Å². The van der Waals surface area contributed by atoms with Crippen molar-refractivity contribution in [2.24, 2.45) is 0 Å². The van der Waals surface area contributed by atoms with Gasteiger partial charge in [-0.15, -0.1) is 0 Å². The van der Waals surface area contributed by atoms with Crippen LogP contribution in [0.1, 0.15) is 16.8 Å². The summed E-state index contributed by atoms with van der Waals surface area (Å²) in [6.07, 6.45) is 5.64. The normalized spacial score (nSPS) is 14.8. The van der Waals surface area contributed by atoms with Crippen molar-refractivity contribution in [1.29, 1.82) is 0 Å². The maximum atomic E-state index is 4.22. The number of hydrogen-bond acceptors (Lipinski definition) is 3. The Morgan fingerprint density at radius 2 is 1.88 bits per heavy atom. The number of nitrogens with zero attached hydrogens (tertiary/aromatic N) is 2. The summed E-state index contributed by atoms with van der Waals surface area (Å²) in [4.78, 5) is 8.13. The Labute approximate surface area is 101 Å². The summed E-state index contributed by atoms with van der Waals surface area (Å²) in [6.45, 7) is 0.821. The van der Waals surface area contributed by atoms with E-state index in [0.29, 0.717) is 6.04 Å². The van der Waals surface area contributed by atoms with Gasteiger partial charge >= 0.3 is 0 Å². The minimum absolute atomic E-state index is 0.544. The van der Waals surface area contributed by atoms with E-state index in [4.69, 9.17) is 0 Å². The third-order valence-electron chi connectivity index (χ3n) is 3.27. The molecule has 0 bridgehead atoms. The molecular weight excluding hydrogens is 210 g/mol. The van der Waals surface area contributed by atoms with Gasteiger partial charge < -0.3 is 5.32 Å². The van der Waals surface area contributed by atoms with E-state index in [2.05, 4.69) is 39.6 Å². The monoisotopic (exact) mass is 225 g/mol. The summed E-state index contributed by atoms with van der Waals surface area (Å²) in [5.74, 6) is 0. The van der Waals surface area contributed by atoms with Gasteiger partial charge in [0.1, 0.15) is 6.33 Å². The smallest absolute Gasteiger partial charge is 0.115 e. The molecule has 0 spiro atoms. The molecule has 1 heterocycles. The third-order valence-corrected chi connectivity index (χ3v) is 3.27. The Kier molecular flexibility index (Phi) is 2.84. The van der Waals surface area contributed by atoms with E-state index >= 15 is 0 Å². The van der Waals surface area contributed by atoms with Gasteiger partial charge in [-0.1, -0.05) is 24.3 Å². The number of benzene rings is 1. The fourth-order valence-corrected chi connectivity index (χ4v) is 2.37. The van der Waals surface area contributed by atoms with Gasteiger partial charge in [0.05, 0.1) is 5.69 Å². The largest absolute Gasteiger partial charge is 0.308 e. The number of aromatic nitrogens is 2. The van der Waals surface area contributed by atoms with Gasteiger partial charge in [0, 0.05) is 18.8 Å². The van der Waals surface area contributed by atoms with Gasteiger partial charge in [-0.2, -0.15) is 0 Å². The highest BCUT2D eigenvalue weighted by atomic mass is 14.9. The maximum Gasteiger partial charge on any atom is 0.115 e. The lowest BCUT2D eigenvalue weighted by atomic mass is 10.1. The molecule has 2 aromatic rings. The fraction of sp³-hybridized carbons (Fsp3) is 0.286. The molecule has 0 atom stereocenters. The molecule has 1 aromatic carbocycles. The number of nitrogens with one attached hydrogen (secondary N) is 1. The van der Waals surface area contributed by atoms with Gasteiger partial charge in [0.15, 0.2) is 0 Å². The van der Waals surface area contributed by atoms with Crippen molar-refractivity contribution < 1.29 is 0 Å². The van der Waals surface area contributed by atoms with Gasteiger partial charge in [0.2, 0.25) is 0 Å². The van der Waals surface area contributed by atoms with Crippen molar-refractivity contribution in [2.45, 2.75) is 25.4 Å². The summed E-state index contributed by atoms with van der Waals surface area (Å²) in [5.41, 5.74) is 4.01. The second-order valence-electron chi connectivity index (χ2n) is 4.46. The molecule has 3 rings (SSSR count). The van der Waals surface area contributed by atoms with E-state index in [1.165, 1.54) is 11.1 Å². The summed E-state index contributed by atoms with van der Waals surface area (Å²) in [6, 6.07) is 11.2. The van der Waals surface area contributed by atoms with Crippen molar-refractivity contribution in [3.8, 4) is 0 Å². The Morgan fingerprint density at radius 1 is 1.12 bits per heavy atom. The lowest BCUT2D eigenvalue weighted by molar-refractivity contribution is 0.527. The second-order valence-corrected chi connectivity index (χ2v) is 4.46. The first-order valence-electron chi connectivity index (χ1n) is 5.97. The van der Waals surface area contributed by atoms with Gasteiger partial charge in [-0.05, 0) is 30.0 Å².